The van der Waals surface area contributed by atoms with Crippen LogP contribution in [0.15, 0.2) is 22.7 Å². The number of hydrogen-bond acceptors (Lipinski definition) is 1. The molecule has 0 radical (unpaired) electrons. The monoisotopic (exact) mass is 323 g/mol. The van der Waals surface area contributed by atoms with Crippen LogP contribution in [0, 0.1) is 5.92 Å². The van der Waals surface area contributed by atoms with E-state index >= 15 is 0 Å². The fraction of sp³-hybridized carbons (Fsp3) is 0.538. The maximum absolute atomic E-state index is 12.8. The molecule has 0 bridgehead atoms. The quantitative estimate of drug-likeness (QED) is 0.837. The molecule has 0 aliphatic heterocycles. The fourth-order valence-electron chi connectivity index (χ4n) is 2.04. The largest absolute Gasteiger partial charge is 0.417 e. The highest BCUT2D eigenvalue weighted by molar-refractivity contribution is 9.10. The summed E-state index contributed by atoms with van der Waals surface area (Å²) in [5.41, 5.74) is 5.92. The van der Waals surface area contributed by atoms with Crippen LogP contribution in [-0.4, -0.2) is 0 Å². The SMILES string of the molecule is CCC(CC)C(N)c1ccc(Br)c(C(F)(F)F)c1. The molecule has 0 saturated heterocycles. The van der Waals surface area contributed by atoms with Crippen molar-refractivity contribution in [2.75, 3.05) is 0 Å². The van der Waals surface area contributed by atoms with Crippen LogP contribution in [0.1, 0.15) is 43.9 Å². The minimum atomic E-state index is -4.36. The average Bonchev–Trinajstić information content (AvgIpc) is 2.29. The second-order valence-corrected chi connectivity index (χ2v) is 5.19. The van der Waals surface area contributed by atoms with Gasteiger partial charge in [-0.3, -0.25) is 0 Å². The van der Waals surface area contributed by atoms with Gasteiger partial charge in [-0.2, -0.15) is 13.2 Å². The lowest BCUT2D eigenvalue weighted by molar-refractivity contribution is -0.138. The second-order valence-electron chi connectivity index (χ2n) is 4.34. The van der Waals surface area contributed by atoms with Crippen molar-refractivity contribution >= 4 is 15.9 Å². The first-order valence-corrected chi connectivity index (χ1v) is 6.72. The number of rotatable bonds is 4. The van der Waals surface area contributed by atoms with Gasteiger partial charge in [-0.15, -0.1) is 0 Å². The van der Waals surface area contributed by atoms with Crippen LogP contribution >= 0.6 is 15.9 Å². The van der Waals surface area contributed by atoms with Crippen molar-refractivity contribution in [2.24, 2.45) is 11.7 Å². The number of benzene rings is 1. The van der Waals surface area contributed by atoms with Crippen LogP contribution in [0.5, 0.6) is 0 Å². The lowest BCUT2D eigenvalue weighted by Gasteiger charge is -2.22. The summed E-state index contributed by atoms with van der Waals surface area (Å²) in [7, 11) is 0. The summed E-state index contributed by atoms with van der Waals surface area (Å²) in [4.78, 5) is 0. The topological polar surface area (TPSA) is 26.0 Å². The summed E-state index contributed by atoms with van der Waals surface area (Å²) in [5.74, 6) is 0.201. The number of alkyl halides is 3. The van der Waals surface area contributed by atoms with E-state index in [4.69, 9.17) is 5.73 Å². The van der Waals surface area contributed by atoms with E-state index in [-0.39, 0.29) is 16.4 Å². The molecule has 18 heavy (non-hydrogen) atoms. The zero-order valence-electron chi connectivity index (χ0n) is 10.4. The van der Waals surface area contributed by atoms with Crippen LogP contribution in [-0.2, 0) is 6.18 Å². The van der Waals surface area contributed by atoms with Crippen molar-refractivity contribution in [3.8, 4) is 0 Å². The first kappa shape index (κ1) is 15.5. The zero-order valence-corrected chi connectivity index (χ0v) is 12.0. The van der Waals surface area contributed by atoms with Gasteiger partial charge in [-0.1, -0.05) is 48.7 Å². The zero-order chi connectivity index (χ0) is 13.9. The molecule has 1 aromatic carbocycles. The summed E-state index contributed by atoms with van der Waals surface area (Å²) in [5, 5.41) is 0. The molecule has 1 atom stereocenters. The van der Waals surface area contributed by atoms with Crippen molar-refractivity contribution in [1.29, 1.82) is 0 Å². The van der Waals surface area contributed by atoms with E-state index in [2.05, 4.69) is 15.9 Å². The van der Waals surface area contributed by atoms with Crippen molar-refractivity contribution in [3.63, 3.8) is 0 Å². The van der Waals surface area contributed by atoms with E-state index in [9.17, 15) is 13.2 Å². The first-order valence-electron chi connectivity index (χ1n) is 5.93. The summed E-state index contributed by atoms with van der Waals surface area (Å²) in [6, 6.07) is 3.87. The molecule has 0 aliphatic carbocycles. The highest BCUT2D eigenvalue weighted by Crippen LogP contribution is 2.37. The number of nitrogens with two attached hydrogens (primary N) is 1. The van der Waals surface area contributed by atoms with Gasteiger partial charge in [0, 0.05) is 10.5 Å². The van der Waals surface area contributed by atoms with Gasteiger partial charge in [0.1, 0.15) is 0 Å². The van der Waals surface area contributed by atoms with Crippen molar-refractivity contribution in [3.05, 3.63) is 33.8 Å². The Bertz CT molecular complexity index is 400. The highest BCUT2D eigenvalue weighted by Gasteiger charge is 2.33. The average molecular weight is 324 g/mol. The Morgan fingerprint density at radius 1 is 1.22 bits per heavy atom. The predicted molar refractivity (Wildman–Crippen MR) is 70.1 cm³/mol. The van der Waals surface area contributed by atoms with E-state index in [1.807, 2.05) is 13.8 Å². The number of hydrogen-bond donors (Lipinski definition) is 1. The lowest BCUT2D eigenvalue weighted by Crippen LogP contribution is -2.21. The molecule has 0 amide bonds. The Balaban J connectivity index is 3.12. The number of halogens is 4. The van der Waals surface area contributed by atoms with E-state index in [0.717, 1.165) is 18.9 Å². The molecular formula is C13H17BrF3N. The maximum atomic E-state index is 12.8. The molecule has 0 heterocycles. The van der Waals surface area contributed by atoms with E-state index in [0.29, 0.717) is 5.56 Å². The third kappa shape index (κ3) is 3.48. The van der Waals surface area contributed by atoms with E-state index in [1.54, 1.807) is 6.07 Å². The summed E-state index contributed by atoms with van der Waals surface area (Å²) < 4.78 is 38.4. The second kappa shape index (κ2) is 6.06. The van der Waals surface area contributed by atoms with E-state index in [1.165, 1.54) is 6.07 Å². The van der Waals surface area contributed by atoms with Crippen molar-refractivity contribution in [2.45, 2.75) is 38.9 Å². The van der Waals surface area contributed by atoms with Gasteiger partial charge in [-0.05, 0) is 23.6 Å². The Morgan fingerprint density at radius 3 is 2.22 bits per heavy atom. The van der Waals surface area contributed by atoms with Crippen LogP contribution < -0.4 is 5.73 Å². The summed E-state index contributed by atoms with van der Waals surface area (Å²) in [6.45, 7) is 4.00. The molecule has 2 N–H and O–H groups in total. The minimum Gasteiger partial charge on any atom is -0.324 e. The Morgan fingerprint density at radius 2 is 1.78 bits per heavy atom. The smallest absolute Gasteiger partial charge is 0.324 e. The predicted octanol–water partition coefficient (Wildman–Crippen LogP) is 4.90. The lowest BCUT2D eigenvalue weighted by atomic mass is 9.89. The van der Waals surface area contributed by atoms with Crippen LogP contribution in [0.2, 0.25) is 0 Å². The van der Waals surface area contributed by atoms with Gasteiger partial charge in [0.2, 0.25) is 0 Å². The molecule has 1 rings (SSSR count). The third-order valence-electron chi connectivity index (χ3n) is 3.24. The molecule has 0 spiro atoms. The minimum absolute atomic E-state index is 0.0514. The van der Waals surface area contributed by atoms with Gasteiger partial charge in [0.05, 0.1) is 5.56 Å². The molecule has 0 saturated carbocycles. The van der Waals surface area contributed by atoms with Gasteiger partial charge in [-0.25, -0.2) is 0 Å². The molecule has 1 aromatic rings. The standard InChI is InChI=1S/C13H17BrF3N/c1-3-8(4-2)12(18)9-5-6-11(14)10(7-9)13(15,16)17/h5-8,12H,3-4,18H2,1-2H3. The maximum Gasteiger partial charge on any atom is 0.417 e. The molecular weight excluding hydrogens is 307 g/mol. The summed E-state index contributed by atoms with van der Waals surface area (Å²) in [6.07, 6.45) is -2.65. The molecule has 0 aromatic heterocycles. The Hall–Kier alpha value is -0.550. The van der Waals surface area contributed by atoms with Gasteiger partial charge < -0.3 is 5.73 Å². The van der Waals surface area contributed by atoms with Crippen molar-refractivity contribution < 1.29 is 13.2 Å². The Kier molecular flexibility index (Phi) is 5.22. The van der Waals surface area contributed by atoms with Crippen LogP contribution in [0.3, 0.4) is 0 Å². The van der Waals surface area contributed by atoms with E-state index < -0.39 is 11.7 Å². The highest BCUT2D eigenvalue weighted by atomic mass is 79.9. The van der Waals surface area contributed by atoms with Crippen LogP contribution in [0.4, 0.5) is 13.2 Å². The molecule has 1 unspecified atom stereocenters. The molecule has 102 valence electrons. The molecule has 0 aliphatic rings. The van der Waals surface area contributed by atoms with Crippen molar-refractivity contribution in [1.82, 2.24) is 0 Å². The van der Waals surface area contributed by atoms with Gasteiger partial charge in [0.15, 0.2) is 0 Å². The summed E-state index contributed by atoms with van der Waals surface area (Å²) >= 11 is 2.93. The molecule has 5 heteroatoms. The van der Waals surface area contributed by atoms with Crippen LogP contribution in [0.25, 0.3) is 0 Å². The van der Waals surface area contributed by atoms with Gasteiger partial charge in [0.25, 0.3) is 0 Å². The normalized spacial score (nSPS) is 14.0. The molecule has 0 fully saturated rings. The van der Waals surface area contributed by atoms with Gasteiger partial charge >= 0.3 is 6.18 Å². The molecule has 1 nitrogen and oxygen atoms in total. The third-order valence-corrected chi connectivity index (χ3v) is 3.93. The fourth-order valence-corrected chi connectivity index (χ4v) is 2.51. The first-order chi connectivity index (χ1) is 8.31. The Labute approximate surface area is 114 Å².